The summed E-state index contributed by atoms with van der Waals surface area (Å²) in [6.45, 7) is 5.06. The van der Waals surface area contributed by atoms with E-state index in [9.17, 15) is 0 Å². The number of hydrogen-bond donors (Lipinski definition) is 0. The fourth-order valence-corrected chi connectivity index (χ4v) is 2.71. The van der Waals surface area contributed by atoms with Gasteiger partial charge < -0.3 is 4.90 Å². The number of nitriles is 2. The Morgan fingerprint density at radius 2 is 1.65 bits per heavy atom. The van der Waals surface area contributed by atoms with Crippen LogP contribution in [0.3, 0.4) is 0 Å². The van der Waals surface area contributed by atoms with Crippen molar-refractivity contribution in [2.24, 2.45) is 11.8 Å². The Hall–Kier alpha value is -1.06. The fourth-order valence-electron chi connectivity index (χ4n) is 2.71. The van der Waals surface area contributed by atoms with Crippen LogP contribution < -0.4 is 0 Å². The van der Waals surface area contributed by atoms with Crippen molar-refractivity contribution >= 4 is 0 Å². The molecule has 0 amide bonds. The first kappa shape index (κ1) is 14.0. The molecule has 1 aliphatic carbocycles. The van der Waals surface area contributed by atoms with Gasteiger partial charge in [0.25, 0.3) is 0 Å². The molecule has 0 aromatic rings. The van der Waals surface area contributed by atoms with Crippen LogP contribution in [-0.2, 0) is 0 Å². The monoisotopic (exact) mass is 233 g/mol. The molecule has 1 fully saturated rings. The molecule has 0 heterocycles. The lowest BCUT2D eigenvalue weighted by atomic mass is 9.80. The Morgan fingerprint density at radius 3 is 2.18 bits per heavy atom. The molecule has 0 aromatic carbocycles. The molecule has 1 saturated carbocycles. The second-order valence-corrected chi connectivity index (χ2v) is 5.14. The number of nitrogens with zero attached hydrogens (tertiary/aromatic N) is 3. The summed E-state index contributed by atoms with van der Waals surface area (Å²) in [7, 11) is 0. The maximum absolute atomic E-state index is 8.66. The highest BCUT2D eigenvalue weighted by Gasteiger charge is 2.23. The van der Waals surface area contributed by atoms with Crippen molar-refractivity contribution < 1.29 is 0 Å². The van der Waals surface area contributed by atoms with E-state index >= 15 is 0 Å². The third-order valence-corrected chi connectivity index (χ3v) is 3.86. The third kappa shape index (κ3) is 5.20. The van der Waals surface area contributed by atoms with E-state index in [1.54, 1.807) is 0 Å². The van der Waals surface area contributed by atoms with Crippen molar-refractivity contribution in [3.63, 3.8) is 0 Å². The summed E-state index contributed by atoms with van der Waals surface area (Å²) in [5, 5.41) is 17.3. The first-order valence-corrected chi connectivity index (χ1v) is 6.74. The van der Waals surface area contributed by atoms with Crippen molar-refractivity contribution in [3.05, 3.63) is 0 Å². The second kappa shape index (κ2) is 8.09. The lowest BCUT2D eigenvalue weighted by Crippen LogP contribution is -2.35. The normalized spacial score (nSPS) is 24.2. The molecule has 3 nitrogen and oxygen atoms in total. The highest BCUT2D eigenvalue weighted by atomic mass is 15.1. The Morgan fingerprint density at radius 1 is 1.06 bits per heavy atom. The summed E-state index contributed by atoms with van der Waals surface area (Å²) in [4.78, 5) is 2.30. The average Bonchev–Trinajstić information content (AvgIpc) is 2.35. The van der Waals surface area contributed by atoms with Crippen LogP contribution in [-0.4, -0.2) is 24.5 Å². The first-order valence-electron chi connectivity index (χ1n) is 6.74. The topological polar surface area (TPSA) is 50.8 Å². The molecule has 1 aliphatic rings. The van der Waals surface area contributed by atoms with Crippen molar-refractivity contribution in [3.8, 4) is 12.1 Å². The molecule has 0 spiro atoms. The van der Waals surface area contributed by atoms with E-state index in [-0.39, 0.29) is 0 Å². The molecule has 2 atom stereocenters. The quantitative estimate of drug-likeness (QED) is 0.708. The van der Waals surface area contributed by atoms with Crippen molar-refractivity contribution in [2.75, 3.05) is 19.6 Å². The molecular formula is C14H23N3. The average molecular weight is 233 g/mol. The summed E-state index contributed by atoms with van der Waals surface area (Å²) < 4.78 is 0. The summed E-state index contributed by atoms with van der Waals surface area (Å²) in [6, 6.07) is 4.40. The Labute approximate surface area is 105 Å². The smallest absolute Gasteiger partial charge is 0.0635 e. The number of hydrogen-bond acceptors (Lipinski definition) is 3. The largest absolute Gasteiger partial charge is 0.301 e. The van der Waals surface area contributed by atoms with Crippen LogP contribution in [0, 0.1) is 34.5 Å². The molecule has 0 bridgehead atoms. The predicted octanol–water partition coefficient (Wildman–Crippen LogP) is 2.94. The van der Waals surface area contributed by atoms with E-state index < -0.39 is 0 Å². The van der Waals surface area contributed by atoms with E-state index in [0.717, 1.165) is 31.5 Å². The van der Waals surface area contributed by atoms with E-state index in [0.29, 0.717) is 12.8 Å². The summed E-state index contributed by atoms with van der Waals surface area (Å²) in [6.07, 6.45) is 6.53. The molecular weight excluding hydrogens is 210 g/mol. The van der Waals surface area contributed by atoms with Gasteiger partial charge >= 0.3 is 0 Å². The minimum atomic E-state index is 0.576. The molecule has 0 aliphatic heterocycles. The zero-order chi connectivity index (χ0) is 12.5. The third-order valence-electron chi connectivity index (χ3n) is 3.86. The van der Waals surface area contributed by atoms with Gasteiger partial charge in [-0.25, -0.2) is 0 Å². The lowest BCUT2D eigenvalue weighted by Gasteiger charge is -2.33. The van der Waals surface area contributed by atoms with Crippen LogP contribution in [0.4, 0.5) is 0 Å². The van der Waals surface area contributed by atoms with Crippen LogP contribution >= 0.6 is 0 Å². The zero-order valence-electron chi connectivity index (χ0n) is 10.9. The molecule has 94 valence electrons. The SMILES string of the molecule is CC1CCCCC1CN(CCC#N)CCC#N. The van der Waals surface area contributed by atoms with Gasteiger partial charge in [-0.3, -0.25) is 0 Å². The van der Waals surface area contributed by atoms with Crippen LogP contribution in [0.15, 0.2) is 0 Å². The van der Waals surface area contributed by atoms with Gasteiger partial charge in [-0.05, 0) is 18.3 Å². The lowest BCUT2D eigenvalue weighted by molar-refractivity contribution is 0.163. The van der Waals surface area contributed by atoms with Crippen LogP contribution in [0.25, 0.3) is 0 Å². The highest BCUT2D eigenvalue weighted by molar-refractivity contribution is 4.80. The van der Waals surface area contributed by atoms with Gasteiger partial charge in [-0.15, -0.1) is 0 Å². The summed E-state index contributed by atoms with van der Waals surface area (Å²) in [5.41, 5.74) is 0. The van der Waals surface area contributed by atoms with Gasteiger partial charge in [0.2, 0.25) is 0 Å². The van der Waals surface area contributed by atoms with E-state index in [1.807, 2.05) is 0 Å². The minimum absolute atomic E-state index is 0.576. The fraction of sp³-hybridized carbons (Fsp3) is 0.857. The Bertz CT molecular complexity index is 269. The molecule has 0 radical (unpaired) electrons. The summed E-state index contributed by atoms with van der Waals surface area (Å²) >= 11 is 0. The van der Waals surface area contributed by atoms with Crippen molar-refractivity contribution in [1.82, 2.24) is 4.90 Å². The maximum atomic E-state index is 8.66. The van der Waals surface area contributed by atoms with Crippen LogP contribution in [0.1, 0.15) is 45.4 Å². The highest BCUT2D eigenvalue weighted by Crippen LogP contribution is 2.30. The first-order chi connectivity index (χ1) is 8.27. The molecule has 0 N–H and O–H groups in total. The van der Waals surface area contributed by atoms with E-state index in [1.165, 1.54) is 25.7 Å². The number of rotatable bonds is 6. The zero-order valence-corrected chi connectivity index (χ0v) is 10.9. The predicted molar refractivity (Wildman–Crippen MR) is 68.0 cm³/mol. The Balaban J connectivity index is 2.40. The minimum Gasteiger partial charge on any atom is -0.301 e. The Kier molecular flexibility index (Phi) is 6.67. The van der Waals surface area contributed by atoms with Crippen molar-refractivity contribution in [2.45, 2.75) is 45.4 Å². The second-order valence-electron chi connectivity index (χ2n) is 5.14. The van der Waals surface area contributed by atoms with Crippen LogP contribution in [0.2, 0.25) is 0 Å². The molecule has 2 unspecified atom stereocenters. The van der Waals surface area contributed by atoms with E-state index in [4.69, 9.17) is 10.5 Å². The van der Waals surface area contributed by atoms with Gasteiger partial charge in [0.1, 0.15) is 0 Å². The van der Waals surface area contributed by atoms with Crippen LogP contribution in [0.5, 0.6) is 0 Å². The summed E-state index contributed by atoms with van der Waals surface area (Å²) in [5.74, 6) is 1.57. The molecule has 3 heteroatoms. The maximum Gasteiger partial charge on any atom is 0.0635 e. The standard InChI is InChI=1S/C14H23N3/c1-13-6-2-3-7-14(13)12-17(10-4-8-15)11-5-9-16/h13-14H,2-7,10-12H2,1H3. The van der Waals surface area contributed by atoms with Gasteiger partial charge in [0, 0.05) is 32.5 Å². The van der Waals surface area contributed by atoms with Gasteiger partial charge in [-0.2, -0.15) is 10.5 Å². The van der Waals surface area contributed by atoms with Gasteiger partial charge in [0.05, 0.1) is 12.1 Å². The van der Waals surface area contributed by atoms with Crippen molar-refractivity contribution in [1.29, 1.82) is 10.5 Å². The molecule has 0 saturated heterocycles. The van der Waals surface area contributed by atoms with Gasteiger partial charge in [0.15, 0.2) is 0 Å². The molecule has 1 rings (SSSR count). The van der Waals surface area contributed by atoms with Gasteiger partial charge in [-0.1, -0.05) is 26.2 Å². The molecule has 17 heavy (non-hydrogen) atoms. The molecule has 0 aromatic heterocycles. The van der Waals surface area contributed by atoms with E-state index in [2.05, 4.69) is 24.0 Å².